The zero-order valence-corrected chi connectivity index (χ0v) is 18.6. The van der Waals surface area contributed by atoms with Crippen LogP contribution in [0, 0.1) is 12.7 Å². The van der Waals surface area contributed by atoms with E-state index in [0.29, 0.717) is 0 Å². The van der Waals surface area contributed by atoms with E-state index >= 15 is 0 Å². The van der Waals surface area contributed by atoms with Gasteiger partial charge >= 0.3 is 0 Å². The summed E-state index contributed by atoms with van der Waals surface area (Å²) in [5, 5.41) is 3.48. The van der Waals surface area contributed by atoms with Crippen molar-refractivity contribution in [3.05, 3.63) is 90.5 Å². The molecular formula is C27H23FN4O. The highest BCUT2D eigenvalue weighted by atomic mass is 19.1. The van der Waals surface area contributed by atoms with E-state index in [4.69, 9.17) is 9.72 Å². The third-order valence-electron chi connectivity index (χ3n) is 5.70. The number of hydrogen-bond donors (Lipinski definition) is 1. The maximum absolute atomic E-state index is 13.4. The van der Waals surface area contributed by atoms with Crippen LogP contribution in [0.5, 0.6) is 5.75 Å². The van der Waals surface area contributed by atoms with Crippen molar-refractivity contribution in [2.24, 2.45) is 7.05 Å². The molecule has 0 aliphatic heterocycles. The highest BCUT2D eigenvalue weighted by molar-refractivity contribution is 5.93. The zero-order chi connectivity index (χ0) is 22.9. The molecular weight excluding hydrogens is 415 g/mol. The highest BCUT2D eigenvalue weighted by Crippen LogP contribution is 2.35. The smallest absolute Gasteiger partial charge is 0.140 e. The van der Waals surface area contributed by atoms with Crippen LogP contribution >= 0.6 is 0 Å². The fraction of sp³-hybridized carbons (Fsp3) is 0.111. The van der Waals surface area contributed by atoms with E-state index in [0.717, 1.165) is 56.4 Å². The van der Waals surface area contributed by atoms with Crippen molar-refractivity contribution < 1.29 is 9.13 Å². The monoisotopic (exact) mass is 438 g/mol. The molecule has 5 aromatic rings. The van der Waals surface area contributed by atoms with Crippen LogP contribution < -0.4 is 10.1 Å². The van der Waals surface area contributed by atoms with Crippen LogP contribution in [0.3, 0.4) is 0 Å². The molecule has 1 N–H and O–H groups in total. The average Bonchev–Trinajstić information content (AvgIpc) is 3.17. The number of imidazole rings is 1. The van der Waals surface area contributed by atoms with Crippen molar-refractivity contribution in [2.75, 3.05) is 12.4 Å². The summed E-state index contributed by atoms with van der Waals surface area (Å²) in [5.41, 5.74) is 7.47. The molecule has 33 heavy (non-hydrogen) atoms. The molecule has 6 heteroatoms. The highest BCUT2D eigenvalue weighted by Gasteiger charge is 2.14. The van der Waals surface area contributed by atoms with Gasteiger partial charge in [0.1, 0.15) is 22.9 Å². The Morgan fingerprint density at radius 2 is 1.76 bits per heavy atom. The van der Waals surface area contributed by atoms with E-state index in [1.54, 1.807) is 25.4 Å². The molecule has 0 fully saturated rings. The Hall–Kier alpha value is -4.19. The van der Waals surface area contributed by atoms with Gasteiger partial charge in [-0.2, -0.15) is 0 Å². The number of rotatable bonds is 5. The quantitative estimate of drug-likeness (QED) is 0.340. The van der Waals surface area contributed by atoms with Crippen molar-refractivity contribution in [1.82, 2.24) is 14.5 Å². The Balaban J connectivity index is 1.53. The van der Waals surface area contributed by atoms with Gasteiger partial charge in [0.15, 0.2) is 0 Å². The van der Waals surface area contributed by atoms with Gasteiger partial charge in [-0.3, -0.25) is 4.98 Å². The molecule has 3 aromatic carbocycles. The summed E-state index contributed by atoms with van der Waals surface area (Å²) < 4.78 is 21.1. The van der Waals surface area contributed by atoms with E-state index in [-0.39, 0.29) is 5.82 Å². The largest absolute Gasteiger partial charge is 0.496 e. The number of fused-ring (bicyclic) bond motifs is 1. The van der Waals surface area contributed by atoms with Crippen molar-refractivity contribution in [1.29, 1.82) is 0 Å². The molecule has 0 radical (unpaired) electrons. The predicted molar refractivity (Wildman–Crippen MR) is 130 cm³/mol. The van der Waals surface area contributed by atoms with E-state index in [1.165, 1.54) is 12.1 Å². The number of nitrogens with one attached hydrogen (secondary N) is 1. The second-order valence-corrected chi connectivity index (χ2v) is 7.90. The van der Waals surface area contributed by atoms with E-state index in [9.17, 15) is 4.39 Å². The molecule has 0 aliphatic carbocycles. The van der Waals surface area contributed by atoms with Gasteiger partial charge in [0.25, 0.3) is 0 Å². The van der Waals surface area contributed by atoms with Crippen LogP contribution in [0.4, 0.5) is 15.8 Å². The maximum Gasteiger partial charge on any atom is 0.140 e. The number of nitrogens with zero attached hydrogens (tertiary/aromatic N) is 3. The van der Waals surface area contributed by atoms with Gasteiger partial charge in [-0.25, -0.2) is 9.37 Å². The van der Waals surface area contributed by atoms with Crippen LogP contribution in [0.15, 0.2) is 79.0 Å². The number of para-hydroxylation sites is 1. The van der Waals surface area contributed by atoms with Crippen LogP contribution in [0.2, 0.25) is 0 Å². The Kier molecular flexibility index (Phi) is 5.26. The van der Waals surface area contributed by atoms with E-state index in [1.807, 2.05) is 67.1 Å². The van der Waals surface area contributed by atoms with Gasteiger partial charge in [0, 0.05) is 41.8 Å². The maximum atomic E-state index is 13.4. The number of benzene rings is 3. The number of pyridine rings is 1. The van der Waals surface area contributed by atoms with Crippen molar-refractivity contribution in [3.8, 4) is 28.3 Å². The SMILES string of the molecule is COc1cc(Nc2cccc3c2nc(-c2ccc(F)cc2)n3C)ccc1-c1ccnc(C)c1. The molecule has 2 heterocycles. The van der Waals surface area contributed by atoms with Crippen molar-refractivity contribution >= 4 is 22.4 Å². The molecule has 0 atom stereocenters. The molecule has 164 valence electrons. The Labute approximate surface area is 191 Å². The first-order chi connectivity index (χ1) is 16.0. The molecule has 0 aliphatic rings. The number of halogens is 1. The van der Waals surface area contributed by atoms with Crippen LogP contribution in [-0.4, -0.2) is 21.6 Å². The van der Waals surface area contributed by atoms with Gasteiger partial charge in [0.05, 0.1) is 18.3 Å². The molecule has 0 saturated heterocycles. The van der Waals surface area contributed by atoms with Crippen molar-refractivity contribution in [3.63, 3.8) is 0 Å². The Morgan fingerprint density at radius 3 is 2.52 bits per heavy atom. The number of methoxy groups -OCH3 is 1. The summed E-state index contributed by atoms with van der Waals surface area (Å²) in [6, 6.07) is 22.5. The standard InChI is InChI=1S/C27H23FN4O/c1-17-15-19(13-14-29-17)22-12-11-21(16-25(22)33-3)30-23-5-4-6-24-26(23)31-27(32(24)2)18-7-9-20(28)10-8-18/h4-16,30H,1-3H3. The minimum absolute atomic E-state index is 0.265. The second-order valence-electron chi connectivity index (χ2n) is 7.90. The number of aryl methyl sites for hydroxylation is 2. The third-order valence-corrected chi connectivity index (χ3v) is 5.70. The second kappa shape index (κ2) is 8.39. The minimum atomic E-state index is -0.265. The zero-order valence-electron chi connectivity index (χ0n) is 18.6. The van der Waals surface area contributed by atoms with Crippen LogP contribution in [0.1, 0.15) is 5.69 Å². The Bertz CT molecular complexity index is 1460. The van der Waals surface area contributed by atoms with Gasteiger partial charge in [-0.15, -0.1) is 0 Å². The molecule has 0 spiro atoms. The fourth-order valence-corrected chi connectivity index (χ4v) is 4.05. The fourth-order valence-electron chi connectivity index (χ4n) is 4.05. The topological polar surface area (TPSA) is 52.0 Å². The lowest BCUT2D eigenvalue weighted by molar-refractivity contribution is 0.416. The summed E-state index contributed by atoms with van der Waals surface area (Å²) >= 11 is 0. The molecule has 0 amide bonds. The normalized spacial score (nSPS) is 11.0. The van der Waals surface area contributed by atoms with Gasteiger partial charge in [-0.1, -0.05) is 6.07 Å². The first-order valence-corrected chi connectivity index (χ1v) is 10.6. The number of hydrogen-bond acceptors (Lipinski definition) is 4. The first kappa shape index (κ1) is 20.7. The summed E-state index contributed by atoms with van der Waals surface area (Å²) in [5.74, 6) is 1.28. The number of anilines is 2. The predicted octanol–water partition coefficient (Wildman–Crippen LogP) is 6.50. The lowest BCUT2D eigenvalue weighted by atomic mass is 10.0. The molecule has 0 unspecified atom stereocenters. The molecule has 5 rings (SSSR count). The van der Waals surface area contributed by atoms with Gasteiger partial charge in [-0.05, 0) is 73.2 Å². The summed E-state index contributed by atoms with van der Waals surface area (Å²) in [6.07, 6.45) is 1.80. The average molecular weight is 439 g/mol. The number of ether oxygens (including phenoxy) is 1. The summed E-state index contributed by atoms with van der Waals surface area (Å²) in [7, 11) is 3.64. The lowest BCUT2D eigenvalue weighted by Gasteiger charge is -2.13. The Morgan fingerprint density at radius 1 is 0.939 bits per heavy atom. The van der Waals surface area contributed by atoms with E-state index < -0.39 is 0 Å². The van der Waals surface area contributed by atoms with E-state index in [2.05, 4.69) is 10.3 Å². The molecule has 2 aromatic heterocycles. The lowest BCUT2D eigenvalue weighted by Crippen LogP contribution is -1.95. The summed E-state index contributed by atoms with van der Waals surface area (Å²) in [4.78, 5) is 9.14. The van der Waals surface area contributed by atoms with Crippen LogP contribution in [-0.2, 0) is 7.05 Å². The molecule has 5 nitrogen and oxygen atoms in total. The summed E-state index contributed by atoms with van der Waals surface area (Å²) in [6.45, 7) is 1.97. The van der Waals surface area contributed by atoms with Gasteiger partial charge < -0.3 is 14.6 Å². The van der Waals surface area contributed by atoms with Crippen molar-refractivity contribution in [2.45, 2.75) is 6.92 Å². The first-order valence-electron chi connectivity index (χ1n) is 10.6. The van der Waals surface area contributed by atoms with Gasteiger partial charge in [0.2, 0.25) is 0 Å². The van der Waals surface area contributed by atoms with Crippen LogP contribution in [0.25, 0.3) is 33.5 Å². The molecule has 0 bridgehead atoms. The molecule has 0 saturated carbocycles. The number of aromatic nitrogens is 3. The third kappa shape index (κ3) is 3.91. The minimum Gasteiger partial charge on any atom is -0.496 e.